The Balaban J connectivity index is 0.00000225. The summed E-state index contributed by atoms with van der Waals surface area (Å²) in [6.45, 7) is 4.36. The maximum Gasteiger partial charge on any atom is 0.233 e. The van der Waals surface area contributed by atoms with E-state index >= 15 is 0 Å². The summed E-state index contributed by atoms with van der Waals surface area (Å²) < 4.78 is 5.15. The maximum absolute atomic E-state index is 12.3. The first-order valence-corrected chi connectivity index (χ1v) is 8.93. The minimum absolute atomic E-state index is 0. The first kappa shape index (κ1) is 19.6. The molecule has 4 nitrogen and oxygen atoms in total. The number of hydrogen-bond acceptors (Lipinski definition) is 4. The first-order valence-electron chi connectivity index (χ1n) is 8.05. The van der Waals surface area contributed by atoms with Gasteiger partial charge in [0.15, 0.2) is 0 Å². The van der Waals surface area contributed by atoms with Crippen LogP contribution in [0.2, 0.25) is 0 Å². The number of carbonyl (C=O) groups is 1. The van der Waals surface area contributed by atoms with Crippen LogP contribution in [0.25, 0.3) is 0 Å². The van der Waals surface area contributed by atoms with Crippen molar-refractivity contribution in [1.29, 1.82) is 0 Å². The fraction of sp³-hybridized carbons (Fsp3) is 0.316. The van der Waals surface area contributed by atoms with Crippen LogP contribution < -0.4 is 15.4 Å². The van der Waals surface area contributed by atoms with Gasteiger partial charge in [-0.15, -0.1) is 24.2 Å². The molecular formula is C19H23ClN2O2S. The predicted octanol–water partition coefficient (Wildman–Crippen LogP) is 3.52. The second-order valence-corrected chi connectivity index (χ2v) is 7.27. The van der Waals surface area contributed by atoms with Crippen LogP contribution in [0.5, 0.6) is 5.75 Å². The summed E-state index contributed by atoms with van der Waals surface area (Å²) in [5, 5.41) is 6.22. The third-order valence-electron chi connectivity index (χ3n) is 4.11. The van der Waals surface area contributed by atoms with Crippen LogP contribution in [0.1, 0.15) is 23.6 Å². The number of benzene rings is 2. The summed E-state index contributed by atoms with van der Waals surface area (Å²) in [6, 6.07) is 14.2. The van der Waals surface area contributed by atoms with Crippen LogP contribution in [-0.4, -0.2) is 18.3 Å². The van der Waals surface area contributed by atoms with E-state index < -0.39 is 0 Å². The van der Waals surface area contributed by atoms with Gasteiger partial charge in [0.1, 0.15) is 5.75 Å². The second-order valence-electron chi connectivity index (χ2n) is 5.86. The van der Waals surface area contributed by atoms with E-state index in [0.717, 1.165) is 29.3 Å². The normalized spacial score (nSPS) is 13.5. The molecule has 1 heterocycles. The molecule has 1 unspecified atom stereocenters. The number of amides is 1. The molecule has 0 radical (unpaired) electrons. The molecule has 134 valence electrons. The van der Waals surface area contributed by atoms with E-state index in [0.29, 0.717) is 6.54 Å². The fourth-order valence-corrected chi connectivity index (χ4v) is 3.59. The number of hydrogen-bond donors (Lipinski definition) is 2. The van der Waals surface area contributed by atoms with Gasteiger partial charge in [-0.05, 0) is 47.9 Å². The molecule has 2 N–H and O–H groups in total. The Bertz CT molecular complexity index is 722. The van der Waals surface area contributed by atoms with Gasteiger partial charge in [0.2, 0.25) is 5.91 Å². The Hall–Kier alpha value is -1.69. The quantitative estimate of drug-likeness (QED) is 0.755. The number of nitrogens with one attached hydrogen (secondary N) is 2. The summed E-state index contributed by atoms with van der Waals surface area (Å²) >= 11 is 1.55. The zero-order chi connectivity index (χ0) is 16.9. The Morgan fingerprint density at radius 2 is 1.92 bits per heavy atom. The highest BCUT2D eigenvalue weighted by molar-refractivity contribution is 8.00. The summed E-state index contributed by atoms with van der Waals surface area (Å²) in [5.74, 6) is 0.872. The Morgan fingerprint density at radius 3 is 2.64 bits per heavy atom. The van der Waals surface area contributed by atoms with Gasteiger partial charge < -0.3 is 15.4 Å². The highest BCUT2D eigenvalue weighted by Crippen LogP contribution is 2.25. The molecule has 0 saturated heterocycles. The van der Waals surface area contributed by atoms with Gasteiger partial charge in [0, 0.05) is 24.5 Å². The average molecular weight is 379 g/mol. The Kier molecular flexibility index (Phi) is 7.17. The molecule has 1 aliphatic rings. The van der Waals surface area contributed by atoms with E-state index in [2.05, 4.69) is 28.8 Å². The fourth-order valence-electron chi connectivity index (χ4n) is 2.70. The largest absolute Gasteiger partial charge is 0.497 e. The number of thioether (sulfide) groups is 1. The van der Waals surface area contributed by atoms with Gasteiger partial charge in [0.05, 0.1) is 12.4 Å². The van der Waals surface area contributed by atoms with E-state index in [9.17, 15) is 4.79 Å². The Morgan fingerprint density at radius 1 is 1.20 bits per heavy atom. The lowest BCUT2D eigenvalue weighted by molar-refractivity contribution is -0.120. The van der Waals surface area contributed by atoms with Gasteiger partial charge in [-0.25, -0.2) is 0 Å². The number of rotatable bonds is 6. The van der Waals surface area contributed by atoms with Crippen molar-refractivity contribution < 1.29 is 9.53 Å². The van der Waals surface area contributed by atoms with Crippen molar-refractivity contribution in [3.8, 4) is 5.75 Å². The molecule has 3 rings (SSSR count). The van der Waals surface area contributed by atoms with Crippen molar-refractivity contribution in [3.05, 3.63) is 59.2 Å². The standard InChI is InChI=1S/C19H22N2O2S.ClH/c1-13(24-18-7-5-17(23-2)6-8-18)19(22)21-10-14-3-4-15-11-20-12-16(15)9-14;/h3-9,13,20H,10-12H2,1-2H3,(H,21,22);1H. The third kappa shape index (κ3) is 5.14. The predicted molar refractivity (Wildman–Crippen MR) is 104 cm³/mol. The second kappa shape index (κ2) is 9.13. The summed E-state index contributed by atoms with van der Waals surface area (Å²) in [5.41, 5.74) is 3.84. The van der Waals surface area contributed by atoms with Gasteiger partial charge in [-0.2, -0.15) is 0 Å². The van der Waals surface area contributed by atoms with Crippen LogP contribution in [0.15, 0.2) is 47.4 Å². The molecule has 0 aromatic heterocycles. The Labute approximate surface area is 159 Å². The first-order chi connectivity index (χ1) is 11.7. The molecule has 0 saturated carbocycles. The summed E-state index contributed by atoms with van der Waals surface area (Å²) in [4.78, 5) is 13.4. The number of fused-ring (bicyclic) bond motifs is 1. The molecular weight excluding hydrogens is 356 g/mol. The van der Waals surface area contributed by atoms with Crippen molar-refractivity contribution >= 4 is 30.1 Å². The van der Waals surface area contributed by atoms with E-state index in [-0.39, 0.29) is 23.6 Å². The highest BCUT2D eigenvalue weighted by Gasteiger charge is 2.15. The number of halogens is 1. The van der Waals surface area contributed by atoms with Crippen LogP contribution in [0.3, 0.4) is 0 Å². The van der Waals surface area contributed by atoms with Crippen LogP contribution in [-0.2, 0) is 24.4 Å². The van der Waals surface area contributed by atoms with E-state index in [1.807, 2.05) is 31.2 Å². The van der Waals surface area contributed by atoms with Gasteiger partial charge in [0.25, 0.3) is 0 Å². The minimum Gasteiger partial charge on any atom is -0.497 e. The smallest absolute Gasteiger partial charge is 0.233 e. The van der Waals surface area contributed by atoms with E-state index in [4.69, 9.17) is 4.74 Å². The number of carbonyl (C=O) groups excluding carboxylic acids is 1. The average Bonchev–Trinajstić information content (AvgIpc) is 3.08. The molecule has 0 aliphatic carbocycles. The lowest BCUT2D eigenvalue weighted by Crippen LogP contribution is -2.30. The lowest BCUT2D eigenvalue weighted by atomic mass is 10.1. The van der Waals surface area contributed by atoms with Crippen molar-refractivity contribution in [2.45, 2.75) is 36.7 Å². The van der Waals surface area contributed by atoms with Crippen molar-refractivity contribution in [2.24, 2.45) is 0 Å². The molecule has 6 heteroatoms. The molecule has 2 aromatic carbocycles. The minimum atomic E-state index is -0.144. The molecule has 0 bridgehead atoms. The number of ether oxygens (including phenoxy) is 1. The van der Waals surface area contributed by atoms with Crippen molar-refractivity contribution in [2.75, 3.05) is 7.11 Å². The van der Waals surface area contributed by atoms with E-state index in [1.54, 1.807) is 18.9 Å². The van der Waals surface area contributed by atoms with Gasteiger partial charge >= 0.3 is 0 Å². The molecule has 1 amide bonds. The topological polar surface area (TPSA) is 50.4 Å². The lowest BCUT2D eigenvalue weighted by Gasteiger charge is -2.13. The summed E-state index contributed by atoms with van der Waals surface area (Å²) in [6.07, 6.45) is 0. The molecule has 0 fully saturated rings. The van der Waals surface area contributed by atoms with Crippen molar-refractivity contribution in [3.63, 3.8) is 0 Å². The number of methoxy groups -OCH3 is 1. The van der Waals surface area contributed by atoms with E-state index in [1.165, 1.54) is 11.1 Å². The molecule has 0 spiro atoms. The van der Waals surface area contributed by atoms with Crippen LogP contribution >= 0.6 is 24.2 Å². The summed E-state index contributed by atoms with van der Waals surface area (Å²) in [7, 11) is 1.65. The zero-order valence-corrected chi connectivity index (χ0v) is 16.0. The zero-order valence-electron chi connectivity index (χ0n) is 14.4. The molecule has 25 heavy (non-hydrogen) atoms. The maximum atomic E-state index is 12.3. The van der Waals surface area contributed by atoms with Crippen LogP contribution in [0, 0.1) is 0 Å². The van der Waals surface area contributed by atoms with Gasteiger partial charge in [-0.1, -0.05) is 18.2 Å². The molecule has 1 atom stereocenters. The van der Waals surface area contributed by atoms with Gasteiger partial charge in [-0.3, -0.25) is 4.79 Å². The van der Waals surface area contributed by atoms with Crippen LogP contribution in [0.4, 0.5) is 0 Å². The SMILES string of the molecule is COc1ccc(SC(C)C(=O)NCc2ccc3c(c2)CNC3)cc1.Cl. The third-order valence-corrected chi connectivity index (χ3v) is 5.22. The highest BCUT2D eigenvalue weighted by atomic mass is 35.5. The monoisotopic (exact) mass is 378 g/mol. The molecule has 1 aliphatic heterocycles. The molecule has 2 aromatic rings. The van der Waals surface area contributed by atoms with Crippen molar-refractivity contribution in [1.82, 2.24) is 10.6 Å².